The Kier molecular flexibility index (Phi) is 4.32. The second-order valence-electron chi connectivity index (χ2n) is 8.65. The van der Waals surface area contributed by atoms with Crippen molar-refractivity contribution < 1.29 is 33.0 Å². The maximum Gasteiger partial charge on any atom is 0.312 e. The third kappa shape index (κ3) is 3.04. The highest BCUT2D eigenvalue weighted by Crippen LogP contribution is 2.48. The highest BCUT2D eigenvalue weighted by Gasteiger charge is 2.39. The zero-order valence-corrected chi connectivity index (χ0v) is 18.6. The molecule has 7 rings (SSSR count). The molecule has 0 N–H and O–H groups in total. The average Bonchev–Trinajstić information content (AvgIpc) is 3.48. The van der Waals surface area contributed by atoms with Gasteiger partial charge in [-0.25, -0.2) is 0 Å². The molecule has 0 fully saturated rings. The van der Waals surface area contributed by atoms with Gasteiger partial charge in [0.05, 0.1) is 23.6 Å². The fourth-order valence-corrected chi connectivity index (χ4v) is 4.86. The Morgan fingerprint density at radius 3 is 2.61 bits per heavy atom. The second-order valence-corrected chi connectivity index (χ2v) is 8.65. The summed E-state index contributed by atoms with van der Waals surface area (Å²) < 4.78 is 28.0. The van der Waals surface area contributed by atoms with Crippen LogP contribution in [0.5, 0.6) is 23.0 Å². The summed E-state index contributed by atoms with van der Waals surface area (Å²) in [5.41, 5.74) is 1.99. The summed E-state index contributed by atoms with van der Waals surface area (Å²) >= 11 is 0. The van der Waals surface area contributed by atoms with E-state index in [0.29, 0.717) is 44.7 Å². The van der Waals surface area contributed by atoms with Crippen molar-refractivity contribution in [2.75, 3.05) is 6.79 Å². The van der Waals surface area contributed by atoms with Gasteiger partial charge in [0.2, 0.25) is 12.6 Å². The van der Waals surface area contributed by atoms with Gasteiger partial charge >= 0.3 is 5.97 Å². The molecule has 176 valence electrons. The van der Waals surface area contributed by atoms with Crippen LogP contribution in [0.3, 0.4) is 0 Å². The molecule has 8 heteroatoms. The molecule has 4 aromatic rings. The molecule has 4 heterocycles. The van der Waals surface area contributed by atoms with Crippen LogP contribution in [0.25, 0.3) is 17.0 Å². The number of carbonyl (C=O) groups excluding carboxylic acids is 2. The van der Waals surface area contributed by atoms with E-state index < -0.39 is 11.9 Å². The lowest BCUT2D eigenvalue weighted by Crippen LogP contribution is -2.25. The summed E-state index contributed by atoms with van der Waals surface area (Å²) in [4.78, 5) is 39.0. The fourth-order valence-electron chi connectivity index (χ4n) is 4.86. The van der Waals surface area contributed by atoms with E-state index in [1.165, 1.54) is 6.26 Å². The highest BCUT2D eigenvalue weighted by molar-refractivity contribution is 6.15. The first-order chi connectivity index (χ1) is 17.6. The summed E-state index contributed by atoms with van der Waals surface area (Å²) in [5, 5.41) is 0.406. The number of fused-ring (bicyclic) bond motifs is 5. The van der Waals surface area contributed by atoms with Crippen LogP contribution in [0, 0.1) is 0 Å². The Balaban J connectivity index is 1.35. The number of ether oxygens (including phenoxy) is 4. The van der Waals surface area contributed by atoms with E-state index >= 15 is 0 Å². The van der Waals surface area contributed by atoms with E-state index in [0.717, 1.165) is 0 Å². The zero-order valence-electron chi connectivity index (χ0n) is 18.6. The van der Waals surface area contributed by atoms with Crippen LogP contribution in [0.4, 0.5) is 0 Å². The monoisotopic (exact) mass is 480 g/mol. The summed E-state index contributed by atoms with van der Waals surface area (Å²) in [6.07, 6.45) is 2.90. The largest absolute Gasteiger partial charge is 0.464 e. The van der Waals surface area contributed by atoms with Crippen LogP contribution in [0.15, 0.2) is 75.8 Å². The average molecular weight is 480 g/mol. The first kappa shape index (κ1) is 20.5. The minimum atomic E-state index is -0.699. The maximum absolute atomic E-state index is 13.4. The number of carbonyl (C=O) groups is 2. The Morgan fingerprint density at radius 2 is 1.69 bits per heavy atom. The van der Waals surface area contributed by atoms with Gasteiger partial charge in [0.1, 0.15) is 17.1 Å². The third-order valence-electron chi connectivity index (χ3n) is 6.56. The van der Waals surface area contributed by atoms with Gasteiger partial charge in [-0.3, -0.25) is 14.4 Å². The Morgan fingerprint density at radius 1 is 0.861 bits per heavy atom. The molecule has 8 nitrogen and oxygen atoms in total. The number of Topliss-reactive ketones (excluding diaryl/α,β-unsaturated/α-hetero) is 1. The van der Waals surface area contributed by atoms with Crippen molar-refractivity contribution in [3.63, 3.8) is 0 Å². The number of para-hydroxylation sites is 1. The lowest BCUT2D eigenvalue weighted by molar-refractivity contribution is -0.135. The molecule has 0 saturated heterocycles. The summed E-state index contributed by atoms with van der Waals surface area (Å²) in [5.74, 6) is 0.348. The van der Waals surface area contributed by atoms with E-state index in [1.807, 2.05) is 0 Å². The van der Waals surface area contributed by atoms with Gasteiger partial charge < -0.3 is 23.4 Å². The van der Waals surface area contributed by atoms with Crippen molar-refractivity contribution in [1.29, 1.82) is 0 Å². The molecule has 3 aliphatic heterocycles. The van der Waals surface area contributed by atoms with Crippen molar-refractivity contribution in [2.45, 2.75) is 12.3 Å². The fraction of sp³-hybridized carbons (Fsp3) is 0.107. The molecule has 36 heavy (non-hydrogen) atoms. The van der Waals surface area contributed by atoms with Crippen molar-refractivity contribution in [3.05, 3.63) is 99.1 Å². The molecule has 0 bridgehead atoms. The van der Waals surface area contributed by atoms with Gasteiger partial charge in [-0.2, -0.15) is 0 Å². The molecule has 0 aliphatic carbocycles. The minimum absolute atomic E-state index is 0.0920. The van der Waals surface area contributed by atoms with Crippen molar-refractivity contribution in [1.82, 2.24) is 0 Å². The molecule has 0 saturated carbocycles. The minimum Gasteiger partial charge on any atom is -0.464 e. The summed E-state index contributed by atoms with van der Waals surface area (Å²) in [6, 6.07) is 15.3. The first-order valence-corrected chi connectivity index (χ1v) is 11.3. The normalized spacial score (nSPS) is 18.7. The molecule has 0 radical (unpaired) electrons. The number of benzene rings is 3. The number of hydrogen-bond acceptors (Lipinski definition) is 8. The number of allylic oxidation sites excluding steroid dienone is 1. The Labute approximate surface area is 203 Å². The van der Waals surface area contributed by atoms with Gasteiger partial charge in [-0.1, -0.05) is 18.2 Å². The summed E-state index contributed by atoms with van der Waals surface area (Å²) in [7, 11) is 0. The van der Waals surface area contributed by atoms with Gasteiger partial charge in [0.25, 0.3) is 0 Å². The van der Waals surface area contributed by atoms with Crippen LogP contribution in [0.1, 0.15) is 39.4 Å². The number of rotatable bonds is 2. The van der Waals surface area contributed by atoms with E-state index in [4.69, 9.17) is 23.4 Å². The predicted octanol–water partition coefficient (Wildman–Crippen LogP) is 4.58. The lowest BCUT2D eigenvalue weighted by Gasteiger charge is -2.25. The maximum atomic E-state index is 13.4. The van der Waals surface area contributed by atoms with E-state index in [9.17, 15) is 14.4 Å². The van der Waals surface area contributed by atoms with Crippen LogP contribution in [-0.4, -0.2) is 18.5 Å². The molecule has 3 aliphatic rings. The van der Waals surface area contributed by atoms with E-state index in [1.54, 1.807) is 60.7 Å². The molecule has 0 amide bonds. The SMILES string of the molecule is O=C1C[C@H](c2coc3ccccc3c2=O)c2c(ccc3c2O/C(=C\c2ccc4c(c2)OCO4)C3=O)O1. The van der Waals surface area contributed by atoms with Gasteiger partial charge in [-0.15, -0.1) is 0 Å². The smallest absolute Gasteiger partial charge is 0.312 e. The second kappa shape index (κ2) is 7.58. The molecule has 1 aromatic heterocycles. The van der Waals surface area contributed by atoms with Crippen LogP contribution in [-0.2, 0) is 4.79 Å². The van der Waals surface area contributed by atoms with Crippen molar-refractivity contribution in [3.8, 4) is 23.0 Å². The van der Waals surface area contributed by atoms with Gasteiger partial charge in [0, 0.05) is 17.0 Å². The molecule has 0 spiro atoms. The first-order valence-electron chi connectivity index (χ1n) is 11.3. The predicted molar refractivity (Wildman–Crippen MR) is 127 cm³/mol. The number of hydrogen-bond donors (Lipinski definition) is 0. The zero-order chi connectivity index (χ0) is 24.4. The quantitative estimate of drug-likeness (QED) is 0.234. The molecule has 0 unspecified atom stereocenters. The van der Waals surface area contributed by atoms with Gasteiger partial charge in [-0.05, 0) is 48.0 Å². The topological polar surface area (TPSA) is 101 Å². The van der Waals surface area contributed by atoms with Gasteiger partial charge in [0.15, 0.2) is 22.7 Å². The molecular formula is C28H16O8. The number of esters is 1. The highest BCUT2D eigenvalue weighted by atomic mass is 16.7. The lowest BCUT2D eigenvalue weighted by atomic mass is 9.85. The van der Waals surface area contributed by atoms with Crippen LogP contribution >= 0.6 is 0 Å². The molecule has 1 atom stereocenters. The van der Waals surface area contributed by atoms with Crippen molar-refractivity contribution >= 4 is 28.8 Å². The Hall–Kier alpha value is -4.85. The Bertz CT molecular complexity index is 1710. The van der Waals surface area contributed by atoms with Crippen molar-refractivity contribution in [2.24, 2.45) is 0 Å². The number of ketones is 1. The third-order valence-corrected chi connectivity index (χ3v) is 6.56. The van der Waals surface area contributed by atoms with Crippen LogP contribution in [0.2, 0.25) is 0 Å². The molecular weight excluding hydrogens is 464 g/mol. The summed E-state index contributed by atoms with van der Waals surface area (Å²) in [6.45, 7) is 0.144. The van der Waals surface area contributed by atoms with Crippen LogP contribution < -0.4 is 24.4 Å². The molecule has 3 aromatic carbocycles. The standard InChI is InChI=1S/C28H16O8/c29-24-11-17(18-12-32-19-4-2-1-3-15(19)26(18)30)25-21(35-24)8-6-16-27(31)23(36-28(16)25)10-14-5-7-20-22(9-14)34-13-33-20/h1-10,12,17H,11,13H2/b23-10-/t17-/m1/s1. The van der Waals surface area contributed by atoms with E-state index in [2.05, 4.69) is 0 Å². The van der Waals surface area contributed by atoms with E-state index in [-0.39, 0.29) is 41.7 Å².